The van der Waals surface area contributed by atoms with Gasteiger partial charge in [-0.25, -0.2) is 0 Å². The molecule has 0 aliphatic carbocycles. The zero-order valence-electron chi connectivity index (χ0n) is 66.7. The van der Waals surface area contributed by atoms with E-state index in [2.05, 4.69) is 320 Å². The van der Waals surface area contributed by atoms with E-state index in [-0.39, 0.29) is 101 Å². The summed E-state index contributed by atoms with van der Waals surface area (Å²) in [5, 5.41) is 0. The van der Waals surface area contributed by atoms with Gasteiger partial charge < -0.3 is 29.9 Å². The first-order valence-corrected chi connectivity index (χ1v) is 38.4. The van der Waals surface area contributed by atoms with Crippen molar-refractivity contribution in [2.24, 2.45) is 5.92 Å². The number of benzene rings is 11. The Morgan fingerprint density at radius 3 is 0.831 bits per heavy atom. The first-order chi connectivity index (χ1) is 55.4. The minimum atomic E-state index is 0. The molecular weight excluding hydrogens is 2330 g/mol. The summed E-state index contributed by atoms with van der Waals surface area (Å²) in [6, 6.07) is 139. The van der Waals surface area contributed by atoms with Crippen molar-refractivity contribution in [3.05, 3.63) is 448 Å². The summed E-state index contributed by atoms with van der Waals surface area (Å²) >= 11 is 0. The molecule has 0 spiro atoms. The maximum Gasteiger partial charge on any atom is 0.0190 e. The zero-order valence-corrected chi connectivity index (χ0v) is 78.7. The van der Waals surface area contributed by atoms with Crippen molar-refractivity contribution in [3.8, 4) is 123 Å². The van der Waals surface area contributed by atoms with Crippen LogP contribution in [0, 0.1) is 49.2 Å². The molecule has 6 nitrogen and oxygen atoms in total. The number of aryl methyl sites for hydroxylation is 1. The van der Waals surface area contributed by atoms with Crippen molar-refractivity contribution < 1.29 is 101 Å². The van der Waals surface area contributed by atoms with Crippen LogP contribution in [0.4, 0.5) is 0 Å². The smallest absolute Gasteiger partial charge is 0.0190 e. The molecule has 0 saturated carbocycles. The van der Waals surface area contributed by atoms with Crippen molar-refractivity contribution in [2.75, 3.05) is 0 Å². The molecule has 118 heavy (non-hydrogen) atoms. The van der Waals surface area contributed by atoms with Gasteiger partial charge in [-0.05, 0) is 129 Å². The largest absolute Gasteiger partial charge is 0.305 e. The van der Waals surface area contributed by atoms with Crippen molar-refractivity contribution in [3.63, 3.8) is 0 Å². The standard InChI is InChI=1S/C21H20N.2C20H18N.C18H14N.C17H12N.C11H8N.5Ir/c1-16(2)13-17-11-12-22-21(14-17)20-10-6-9-19(15-20)18-7-4-3-5-8-18;2*1-15(2)17-11-12-21-20(14-17)19-10-6-9-18(13-19)16-7-4-3-5-8-16;1-14-10-11-18(19-13-14)17-9-5-8-16(12-17)15-6-3-2-4-7-15;1-2-7-14(8-3-1)15-9-6-10-16(13-15)17-11-4-5-12-18-17;1-2-6-10(7-3-1)11-8-4-5-9-12-11;;;;;/h3-9,11-12,14-16H,13H2,1-2H3;2*3-9,11-15H,1-2H3;2-8,10-13H,1H3;1-9,11-13H;1-6,8-9H;;;;;/q6*-1;;;;;. The van der Waals surface area contributed by atoms with E-state index in [9.17, 15) is 0 Å². The van der Waals surface area contributed by atoms with Gasteiger partial charge in [-0.1, -0.05) is 264 Å². The van der Waals surface area contributed by atoms with Crippen LogP contribution in [0.25, 0.3) is 123 Å². The molecule has 11 aromatic carbocycles. The predicted octanol–water partition coefficient (Wildman–Crippen LogP) is 27.4. The second-order valence-electron chi connectivity index (χ2n) is 28.1. The van der Waals surface area contributed by atoms with Crippen molar-refractivity contribution in [1.29, 1.82) is 0 Å². The molecule has 0 bridgehead atoms. The first-order valence-electron chi connectivity index (χ1n) is 38.4. The van der Waals surface area contributed by atoms with Crippen LogP contribution in [0.5, 0.6) is 0 Å². The van der Waals surface area contributed by atoms with E-state index in [1.54, 1.807) is 12.4 Å². The van der Waals surface area contributed by atoms with Gasteiger partial charge in [0.05, 0.1) is 0 Å². The second-order valence-corrected chi connectivity index (χ2v) is 28.1. The van der Waals surface area contributed by atoms with E-state index in [1.165, 1.54) is 77.9 Å². The van der Waals surface area contributed by atoms with Gasteiger partial charge in [-0.3, -0.25) is 0 Å². The molecule has 0 saturated heterocycles. The molecule has 5 radical (unpaired) electrons. The molecule has 0 aliphatic heterocycles. The van der Waals surface area contributed by atoms with Crippen molar-refractivity contribution >= 4 is 0 Å². The van der Waals surface area contributed by atoms with E-state index >= 15 is 0 Å². The molecule has 11 heteroatoms. The molecule has 0 unspecified atom stereocenters. The molecule has 17 rings (SSSR count). The van der Waals surface area contributed by atoms with Crippen LogP contribution >= 0.6 is 0 Å². The summed E-state index contributed by atoms with van der Waals surface area (Å²) in [6.07, 6.45) is 12.2. The summed E-state index contributed by atoms with van der Waals surface area (Å²) in [5.41, 5.74) is 29.2. The van der Waals surface area contributed by atoms with Crippen LogP contribution in [0.15, 0.2) is 389 Å². The zero-order chi connectivity index (χ0) is 78.2. The Balaban J connectivity index is 0.000000195. The van der Waals surface area contributed by atoms with Crippen molar-refractivity contribution in [1.82, 2.24) is 29.9 Å². The number of hydrogen-bond donors (Lipinski definition) is 0. The molecule has 599 valence electrons. The summed E-state index contributed by atoms with van der Waals surface area (Å²) in [4.78, 5) is 26.5. The van der Waals surface area contributed by atoms with E-state index < -0.39 is 0 Å². The SMILES string of the molecule is CC(C)Cc1ccnc(-c2[c-]ccc(-c3ccccc3)c2)c1.CC(C)c1ccnc(-c2[c-]ccc(-c3ccccc3)c2)c1.CC(C)c1ccnc(-c2[c-]ccc(-c3ccccc3)c2)c1.Cc1ccc(-c2[c-]ccc(-c3ccccc3)c2)nc1.[Ir].[Ir].[Ir].[Ir].[Ir].[c-]1ccc(-c2ccccc2)cc1-c1ccccn1.[c-]1ccccc1-c1ccccn1. The van der Waals surface area contributed by atoms with E-state index in [1.807, 2.05) is 171 Å². The molecule has 17 aromatic rings. The van der Waals surface area contributed by atoms with Gasteiger partial charge in [0.25, 0.3) is 0 Å². The first kappa shape index (κ1) is 94.7. The van der Waals surface area contributed by atoms with E-state index in [4.69, 9.17) is 0 Å². The third-order valence-electron chi connectivity index (χ3n) is 18.5. The Bertz CT molecular complexity index is 5470. The average molecular weight is 2420 g/mol. The average Bonchev–Trinajstić information content (AvgIpc) is 0.852. The number of rotatable bonds is 15. The van der Waals surface area contributed by atoms with Crippen LogP contribution < -0.4 is 0 Å². The van der Waals surface area contributed by atoms with Crippen LogP contribution in [0.1, 0.15) is 75.6 Å². The fraction of sp³-hybridized carbons (Fsp3) is 0.103. The van der Waals surface area contributed by atoms with Gasteiger partial charge in [-0.15, -0.1) is 213 Å². The Labute approximate surface area is 766 Å². The van der Waals surface area contributed by atoms with Gasteiger partial charge in [0, 0.05) is 138 Å². The molecule has 0 atom stereocenters. The predicted molar refractivity (Wildman–Crippen MR) is 470 cm³/mol. The minimum Gasteiger partial charge on any atom is -0.305 e. The second kappa shape index (κ2) is 50.4. The molecule has 6 aromatic heterocycles. The molecule has 0 N–H and O–H groups in total. The number of pyridine rings is 6. The quantitative estimate of drug-likeness (QED) is 0.0952. The molecule has 0 fully saturated rings. The number of nitrogens with zero attached hydrogens (tertiary/aromatic N) is 6. The Hall–Kier alpha value is -10.4. The van der Waals surface area contributed by atoms with Gasteiger partial charge in [0.1, 0.15) is 0 Å². The van der Waals surface area contributed by atoms with Gasteiger partial charge in [0.2, 0.25) is 0 Å². The Morgan fingerprint density at radius 1 is 0.229 bits per heavy atom. The molecule has 0 amide bonds. The van der Waals surface area contributed by atoms with E-state index in [0.29, 0.717) is 17.8 Å². The fourth-order valence-corrected chi connectivity index (χ4v) is 12.5. The fourth-order valence-electron chi connectivity index (χ4n) is 12.5. The summed E-state index contributed by atoms with van der Waals surface area (Å²) in [6.45, 7) is 15.3. The third-order valence-corrected chi connectivity index (χ3v) is 18.5. The summed E-state index contributed by atoms with van der Waals surface area (Å²) in [5.74, 6) is 1.66. The van der Waals surface area contributed by atoms with Crippen LogP contribution in [-0.4, -0.2) is 29.9 Å². The normalized spacial score (nSPS) is 10.1. The van der Waals surface area contributed by atoms with Crippen LogP contribution in [-0.2, 0) is 107 Å². The maximum absolute atomic E-state index is 4.52. The monoisotopic (exact) mass is 2420 g/mol. The van der Waals surface area contributed by atoms with Crippen LogP contribution in [0.2, 0.25) is 0 Å². The number of hydrogen-bond acceptors (Lipinski definition) is 6. The third kappa shape index (κ3) is 29.0. The van der Waals surface area contributed by atoms with Gasteiger partial charge in [0.15, 0.2) is 0 Å². The molecule has 0 aliphatic rings. The molecule has 6 heterocycles. The summed E-state index contributed by atoms with van der Waals surface area (Å²) < 4.78 is 0. The Morgan fingerprint density at radius 2 is 0.525 bits per heavy atom. The molecular formula is C107H90Ir5N6-6. The minimum absolute atomic E-state index is 0. The summed E-state index contributed by atoms with van der Waals surface area (Å²) in [7, 11) is 0. The van der Waals surface area contributed by atoms with Gasteiger partial charge in [-0.2, -0.15) is 0 Å². The van der Waals surface area contributed by atoms with E-state index in [0.717, 1.165) is 74.0 Å². The maximum atomic E-state index is 4.52. The Kier molecular flexibility index (Phi) is 40.4. The topological polar surface area (TPSA) is 77.3 Å². The number of aromatic nitrogens is 6. The van der Waals surface area contributed by atoms with Crippen LogP contribution in [0.3, 0.4) is 0 Å². The van der Waals surface area contributed by atoms with Crippen molar-refractivity contribution in [2.45, 2.75) is 66.7 Å². The van der Waals surface area contributed by atoms with Gasteiger partial charge >= 0.3 is 0 Å².